The Morgan fingerprint density at radius 1 is 1.33 bits per heavy atom. The quantitative estimate of drug-likeness (QED) is 0.839. The number of hydrogen-bond acceptors (Lipinski definition) is 5. The molecule has 3 rings (SSSR count). The van der Waals surface area contributed by atoms with Gasteiger partial charge >= 0.3 is 0 Å². The molecule has 1 aromatic carbocycles. The predicted octanol–water partition coefficient (Wildman–Crippen LogP) is 0.455. The molecule has 8 heteroatoms. The Morgan fingerprint density at radius 2 is 2.10 bits per heavy atom. The molecule has 2 aromatic rings. The molecule has 0 saturated carbocycles. The zero-order valence-corrected chi connectivity index (χ0v) is 12.3. The van der Waals surface area contributed by atoms with Crippen molar-refractivity contribution in [3.63, 3.8) is 0 Å². The molecule has 0 spiro atoms. The normalized spacial score (nSPS) is 15.9. The number of hydrogen-bond donors (Lipinski definition) is 2. The summed E-state index contributed by atoms with van der Waals surface area (Å²) in [7, 11) is -2.11. The van der Waals surface area contributed by atoms with Crippen LogP contribution in [0.3, 0.4) is 0 Å². The van der Waals surface area contributed by atoms with Crippen LogP contribution in [0.1, 0.15) is 11.1 Å². The van der Waals surface area contributed by atoms with Gasteiger partial charge in [0.15, 0.2) is 10.8 Å². The fourth-order valence-corrected chi connectivity index (χ4v) is 4.21. The van der Waals surface area contributed by atoms with Crippen molar-refractivity contribution in [3.05, 3.63) is 35.7 Å². The second kappa shape index (κ2) is 4.74. The van der Waals surface area contributed by atoms with E-state index in [0.717, 1.165) is 11.1 Å². The van der Waals surface area contributed by atoms with Gasteiger partial charge < -0.3 is 15.4 Å². The van der Waals surface area contributed by atoms with Gasteiger partial charge in [0.25, 0.3) is 10.0 Å². The number of phenols is 1. The molecule has 1 aromatic heterocycles. The van der Waals surface area contributed by atoms with Crippen molar-refractivity contribution in [2.24, 2.45) is 7.05 Å². The number of fused-ring (bicyclic) bond motifs is 1. The summed E-state index contributed by atoms with van der Waals surface area (Å²) >= 11 is 0. The van der Waals surface area contributed by atoms with Crippen LogP contribution in [0.2, 0.25) is 0 Å². The lowest BCUT2D eigenvalue weighted by Gasteiger charge is -2.28. The Hall–Kier alpha value is -2.06. The van der Waals surface area contributed by atoms with Crippen molar-refractivity contribution in [1.82, 2.24) is 13.9 Å². The summed E-state index contributed by atoms with van der Waals surface area (Å²) in [6, 6.07) is 5.04. The van der Waals surface area contributed by atoms with Gasteiger partial charge in [-0.15, -0.1) is 0 Å². The summed E-state index contributed by atoms with van der Waals surface area (Å²) < 4.78 is 28.2. The first-order valence-electron chi connectivity index (χ1n) is 6.47. The number of nitrogens with zero attached hydrogens (tertiary/aromatic N) is 3. The first-order chi connectivity index (χ1) is 9.89. The minimum absolute atomic E-state index is 0.000735. The fraction of sp³-hybridized carbons (Fsp3) is 0.308. The van der Waals surface area contributed by atoms with Crippen molar-refractivity contribution in [3.8, 4) is 5.75 Å². The molecule has 0 aliphatic carbocycles. The SMILES string of the molecule is Cn1cnc(N)c1S(=O)(=O)N1CCc2ccc(O)cc2C1. The molecule has 7 nitrogen and oxygen atoms in total. The minimum atomic E-state index is -3.71. The molecule has 0 bridgehead atoms. The van der Waals surface area contributed by atoms with Crippen LogP contribution in [-0.2, 0) is 30.0 Å². The number of sulfonamides is 1. The van der Waals surface area contributed by atoms with E-state index in [1.54, 1.807) is 19.2 Å². The molecule has 112 valence electrons. The third kappa shape index (κ3) is 2.26. The maximum Gasteiger partial charge on any atom is 0.262 e. The lowest BCUT2D eigenvalue weighted by atomic mass is 10.0. The fourth-order valence-electron chi connectivity index (χ4n) is 2.60. The van der Waals surface area contributed by atoms with Gasteiger partial charge in [-0.05, 0) is 29.7 Å². The Labute approximate surface area is 122 Å². The molecule has 1 aliphatic heterocycles. The number of aromatic nitrogens is 2. The molecule has 0 fully saturated rings. The first-order valence-corrected chi connectivity index (χ1v) is 7.91. The van der Waals surface area contributed by atoms with Crippen LogP contribution in [0.5, 0.6) is 5.75 Å². The third-order valence-corrected chi connectivity index (χ3v) is 5.64. The summed E-state index contributed by atoms with van der Waals surface area (Å²) in [5, 5.41) is 9.55. The van der Waals surface area contributed by atoms with Crippen molar-refractivity contribution >= 4 is 15.8 Å². The van der Waals surface area contributed by atoms with E-state index in [0.29, 0.717) is 13.0 Å². The van der Waals surface area contributed by atoms with Gasteiger partial charge in [-0.2, -0.15) is 4.31 Å². The molecule has 2 heterocycles. The van der Waals surface area contributed by atoms with Gasteiger partial charge in [0.05, 0.1) is 6.33 Å². The van der Waals surface area contributed by atoms with E-state index in [9.17, 15) is 13.5 Å². The van der Waals surface area contributed by atoms with Crippen molar-refractivity contribution in [2.45, 2.75) is 18.0 Å². The topological polar surface area (TPSA) is 101 Å². The number of aryl methyl sites for hydroxylation is 1. The van der Waals surface area contributed by atoms with Gasteiger partial charge in [-0.25, -0.2) is 13.4 Å². The van der Waals surface area contributed by atoms with Gasteiger partial charge in [-0.3, -0.25) is 0 Å². The number of nitrogen functional groups attached to an aromatic ring is 1. The average Bonchev–Trinajstić information content (AvgIpc) is 2.77. The number of phenolic OH excluding ortho intramolecular Hbond substituents is 1. The standard InChI is InChI=1S/C13H16N4O3S/c1-16-8-15-12(14)13(16)21(19,20)17-5-4-9-2-3-11(18)6-10(9)7-17/h2-3,6,8,18H,4-5,7,14H2,1H3. The molecule has 21 heavy (non-hydrogen) atoms. The molecular weight excluding hydrogens is 292 g/mol. The van der Waals surface area contributed by atoms with Gasteiger partial charge in [0, 0.05) is 20.1 Å². The summed E-state index contributed by atoms with van der Waals surface area (Å²) in [5.41, 5.74) is 7.54. The second-order valence-electron chi connectivity index (χ2n) is 5.09. The highest BCUT2D eigenvalue weighted by molar-refractivity contribution is 7.89. The van der Waals surface area contributed by atoms with E-state index < -0.39 is 10.0 Å². The Bertz CT molecular complexity index is 778. The number of aromatic hydroxyl groups is 1. The van der Waals surface area contributed by atoms with Crippen LogP contribution in [0, 0.1) is 0 Å². The van der Waals surface area contributed by atoms with Gasteiger partial charge in [-0.1, -0.05) is 6.07 Å². The molecule has 1 aliphatic rings. The summed E-state index contributed by atoms with van der Waals surface area (Å²) in [6.07, 6.45) is 1.98. The Morgan fingerprint density at radius 3 is 2.76 bits per heavy atom. The highest BCUT2D eigenvalue weighted by Crippen LogP contribution is 2.28. The van der Waals surface area contributed by atoms with Crippen LogP contribution >= 0.6 is 0 Å². The summed E-state index contributed by atoms with van der Waals surface area (Å²) in [6.45, 7) is 0.599. The number of rotatable bonds is 2. The number of imidazole rings is 1. The maximum absolute atomic E-state index is 12.7. The summed E-state index contributed by atoms with van der Waals surface area (Å²) in [4.78, 5) is 3.83. The molecule has 0 unspecified atom stereocenters. The maximum atomic E-state index is 12.7. The van der Waals surface area contributed by atoms with E-state index in [1.807, 2.05) is 6.07 Å². The molecule has 0 radical (unpaired) electrons. The monoisotopic (exact) mass is 308 g/mol. The summed E-state index contributed by atoms with van der Waals surface area (Å²) in [5.74, 6) is 0.132. The molecule has 0 saturated heterocycles. The van der Waals surface area contributed by atoms with E-state index in [2.05, 4.69) is 4.98 Å². The lowest BCUT2D eigenvalue weighted by Crippen LogP contribution is -2.37. The highest BCUT2D eigenvalue weighted by Gasteiger charge is 2.32. The van der Waals surface area contributed by atoms with Crippen molar-refractivity contribution in [1.29, 1.82) is 0 Å². The van der Waals surface area contributed by atoms with E-state index in [4.69, 9.17) is 5.73 Å². The smallest absolute Gasteiger partial charge is 0.262 e. The number of nitrogens with two attached hydrogens (primary N) is 1. The number of anilines is 1. The third-order valence-electron chi connectivity index (χ3n) is 3.66. The molecule has 3 N–H and O–H groups in total. The molecular formula is C13H16N4O3S. The van der Waals surface area contributed by atoms with Crippen molar-refractivity contribution < 1.29 is 13.5 Å². The molecule has 0 atom stereocenters. The van der Waals surface area contributed by atoms with E-state index >= 15 is 0 Å². The largest absolute Gasteiger partial charge is 0.508 e. The van der Waals surface area contributed by atoms with Crippen LogP contribution in [-0.4, -0.2) is 33.9 Å². The highest BCUT2D eigenvalue weighted by atomic mass is 32.2. The van der Waals surface area contributed by atoms with Crippen LogP contribution in [0.15, 0.2) is 29.6 Å². The van der Waals surface area contributed by atoms with Crippen LogP contribution in [0.25, 0.3) is 0 Å². The molecule has 0 amide bonds. The first kappa shape index (κ1) is 13.9. The zero-order chi connectivity index (χ0) is 15.2. The Kier molecular flexibility index (Phi) is 3.14. The van der Waals surface area contributed by atoms with Crippen LogP contribution < -0.4 is 5.73 Å². The zero-order valence-electron chi connectivity index (χ0n) is 11.5. The van der Waals surface area contributed by atoms with Gasteiger partial charge in [0.1, 0.15) is 5.75 Å². The second-order valence-corrected chi connectivity index (χ2v) is 6.94. The average molecular weight is 308 g/mol. The predicted molar refractivity (Wildman–Crippen MR) is 77.0 cm³/mol. The lowest BCUT2D eigenvalue weighted by molar-refractivity contribution is 0.386. The minimum Gasteiger partial charge on any atom is -0.508 e. The van der Waals surface area contributed by atoms with Gasteiger partial charge in [0.2, 0.25) is 0 Å². The van der Waals surface area contributed by atoms with E-state index in [-0.39, 0.29) is 23.1 Å². The van der Waals surface area contributed by atoms with E-state index in [1.165, 1.54) is 15.2 Å². The van der Waals surface area contributed by atoms with Crippen LogP contribution in [0.4, 0.5) is 5.82 Å². The Balaban J connectivity index is 1.99. The number of benzene rings is 1. The van der Waals surface area contributed by atoms with Crippen molar-refractivity contribution in [2.75, 3.05) is 12.3 Å².